The van der Waals surface area contributed by atoms with Crippen LogP contribution in [-0.2, 0) is 5.41 Å². The monoisotopic (exact) mass is 356 g/mol. The van der Waals surface area contributed by atoms with Crippen LogP contribution < -0.4 is 10.9 Å². The van der Waals surface area contributed by atoms with Crippen LogP contribution in [0.1, 0.15) is 19.4 Å². The molecule has 8 heteroatoms. The van der Waals surface area contributed by atoms with E-state index in [1.165, 1.54) is 30.6 Å². The highest BCUT2D eigenvalue weighted by Gasteiger charge is 2.23. The summed E-state index contributed by atoms with van der Waals surface area (Å²) in [4.78, 5) is 29.1. The molecule has 7 nitrogen and oxygen atoms in total. The fraction of sp³-hybridized carbons (Fsp3) is 0.222. The van der Waals surface area contributed by atoms with E-state index in [0.29, 0.717) is 12.1 Å². The first-order valence-corrected chi connectivity index (χ1v) is 7.94. The van der Waals surface area contributed by atoms with E-state index >= 15 is 0 Å². The highest BCUT2D eigenvalue weighted by Crippen LogP contribution is 2.30. The smallest absolute Gasteiger partial charge is 0.293 e. The standard InChI is InChI=1S/C18H17FN4O3/c1-18(2,11-4-3-5-12(19)6-11)9-20-15-8-14-13(7-16(15)23(25)26)17(24)22-10-21-14/h3-8,10,20H,9H2,1-2H3,(H,21,22,24). The zero-order valence-corrected chi connectivity index (χ0v) is 14.2. The lowest BCUT2D eigenvalue weighted by atomic mass is 9.84. The average molecular weight is 356 g/mol. The molecule has 134 valence electrons. The summed E-state index contributed by atoms with van der Waals surface area (Å²) in [7, 11) is 0. The summed E-state index contributed by atoms with van der Waals surface area (Å²) < 4.78 is 13.5. The van der Waals surface area contributed by atoms with E-state index in [9.17, 15) is 19.3 Å². The highest BCUT2D eigenvalue weighted by atomic mass is 19.1. The number of benzene rings is 2. The summed E-state index contributed by atoms with van der Waals surface area (Å²) in [5.74, 6) is -0.337. The van der Waals surface area contributed by atoms with Crippen molar-refractivity contribution in [2.24, 2.45) is 0 Å². The van der Waals surface area contributed by atoms with Crippen molar-refractivity contribution in [2.45, 2.75) is 19.3 Å². The normalized spacial score (nSPS) is 11.5. The molecule has 1 heterocycles. The number of rotatable bonds is 5. The minimum absolute atomic E-state index is 0.147. The first-order valence-electron chi connectivity index (χ1n) is 7.94. The molecule has 0 fully saturated rings. The van der Waals surface area contributed by atoms with Gasteiger partial charge in [-0.15, -0.1) is 0 Å². The van der Waals surface area contributed by atoms with Gasteiger partial charge in [-0.25, -0.2) is 9.37 Å². The number of aromatic nitrogens is 2. The molecule has 0 saturated carbocycles. The molecule has 26 heavy (non-hydrogen) atoms. The van der Waals surface area contributed by atoms with Crippen molar-refractivity contribution in [1.29, 1.82) is 0 Å². The highest BCUT2D eigenvalue weighted by molar-refractivity contribution is 5.86. The van der Waals surface area contributed by atoms with Crippen molar-refractivity contribution in [2.75, 3.05) is 11.9 Å². The second kappa shape index (κ2) is 6.55. The van der Waals surface area contributed by atoms with Crippen molar-refractivity contribution in [1.82, 2.24) is 9.97 Å². The van der Waals surface area contributed by atoms with Gasteiger partial charge in [0.1, 0.15) is 11.5 Å². The molecule has 3 aromatic rings. The van der Waals surface area contributed by atoms with Crippen LogP contribution in [0.5, 0.6) is 0 Å². The van der Waals surface area contributed by atoms with Crippen molar-refractivity contribution in [3.63, 3.8) is 0 Å². The second-order valence-corrected chi connectivity index (χ2v) is 6.62. The van der Waals surface area contributed by atoms with Crippen LogP contribution in [0.15, 0.2) is 47.5 Å². The lowest BCUT2D eigenvalue weighted by molar-refractivity contribution is -0.383. The fourth-order valence-electron chi connectivity index (χ4n) is 2.72. The van der Waals surface area contributed by atoms with E-state index < -0.39 is 15.9 Å². The van der Waals surface area contributed by atoms with Gasteiger partial charge in [-0.05, 0) is 23.8 Å². The topological polar surface area (TPSA) is 101 Å². The molecule has 1 aromatic heterocycles. The van der Waals surface area contributed by atoms with E-state index in [1.54, 1.807) is 12.1 Å². The Labute approximate surface area is 148 Å². The van der Waals surface area contributed by atoms with Gasteiger partial charge in [0.15, 0.2) is 0 Å². The second-order valence-electron chi connectivity index (χ2n) is 6.62. The van der Waals surface area contributed by atoms with E-state index in [-0.39, 0.29) is 22.6 Å². The number of hydrogen-bond acceptors (Lipinski definition) is 5. The number of fused-ring (bicyclic) bond motifs is 1. The van der Waals surface area contributed by atoms with Gasteiger partial charge in [-0.1, -0.05) is 26.0 Å². The van der Waals surface area contributed by atoms with Crippen LogP contribution in [0, 0.1) is 15.9 Å². The molecular formula is C18H17FN4O3. The van der Waals surface area contributed by atoms with Crippen LogP contribution in [0.4, 0.5) is 15.8 Å². The molecular weight excluding hydrogens is 339 g/mol. The lowest BCUT2D eigenvalue weighted by Gasteiger charge is -2.26. The largest absolute Gasteiger partial charge is 0.379 e. The number of nitro groups is 1. The fourth-order valence-corrected chi connectivity index (χ4v) is 2.72. The van der Waals surface area contributed by atoms with Crippen molar-refractivity contribution < 1.29 is 9.31 Å². The maximum atomic E-state index is 13.5. The number of nitro benzene ring substituents is 1. The third kappa shape index (κ3) is 3.39. The zero-order chi connectivity index (χ0) is 18.9. The molecule has 0 unspecified atom stereocenters. The van der Waals surface area contributed by atoms with E-state index in [4.69, 9.17) is 0 Å². The average Bonchev–Trinajstić information content (AvgIpc) is 2.59. The van der Waals surface area contributed by atoms with Crippen LogP contribution in [0.2, 0.25) is 0 Å². The molecule has 0 spiro atoms. The number of nitrogens with zero attached hydrogens (tertiary/aromatic N) is 2. The Morgan fingerprint density at radius 3 is 2.77 bits per heavy atom. The third-order valence-electron chi connectivity index (χ3n) is 4.28. The van der Waals surface area contributed by atoms with Gasteiger partial charge in [0.05, 0.1) is 22.2 Å². The van der Waals surface area contributed by atoms with E-state index in [2.05, 4.69) is 15.3 Å². The van der Waals surface area contributed by atoms with Crippen LogP contribution in [0.3, 0.4) is 0 Å². The Morgan fingerprint density at radius 2 is 2.08 bits per heavy atom. The molecule has 0 atom stereocenters. The maximum absolute atomic E-state index is 13.5. The Hall–Kier alpha value is -3.29. The van der Waals surface area contributed by atoms with Crippen molar-refractivity contribution in [3.05, 3.63) is 74.6 Å². The van der Waals surface area contributed by atoms with E-state index in [0.717, 1.165) is 5.56 Å². The van der Waals surface area contributed by atoms with E-state index in [1.807, 2.05) is 13.8 Å². The molecule has 0 aliphatic rings. The van der Waals surface area contributed by atoms with Gasteiger partial charge in [-0.3, -0.25) is 14.9 Å². The predicted molar refractivity (Wildman–Crippen MR) is 96.9 cm³/mol. The predicted octanol–water partition coefficient (Wildman–Crippen LogP) is 3.36. The number of H-pyrrole nitrogens is 1. The molecule has 0 amide bonds. The van der Waals surface area contributed by atoms with Crippen LogP contribution in [-0.4, -0.2) is 21.4 Å². The Balaban J connectivity index is 1.96. The molecule has 2 aromatic carbocycles. The molecule has 0 radical (unpaired) electrons. The van der Waals surface area contributed by atoms with Gasteiger partial charge >= 0.3 is 0 Å². The van der Waals surface area contributed by atoms with Gasteiger partial charge in [0.2, 0.25) is 0 Å². The summed E-state index contributed by atoms with van der Waals surface area (Å²) in [5, 5.41) is 14.6. The van der Waals surface area contributed by atoms with Crippen LogP contribution >= 0.6 is 0 Å². The number of anilines is 1. The first-order chi connectivity index (χ1) is 12.3. The Morgan fingerprint density at radius 1 is 1.31 bits per heavy atom. The minimum atomic E-state index is -0.552. The molecule has 2 N–H and O–H groups in total. The van der Waals surface area contributed by atoms with Gasteiger partial charge in [0.25, 0.3) is 11.2 Å². The lowest BCUT2D eigenvalue weighted by Crippen LogP contribution is -2.28. The zero-order valence-electron chi connectivity index (χ0n) is 14.2. The number of aromatic amines is 1. The van der Waals surface area contributed by atoms with Gasteiger partial charge in [-0.2, -0.15) is 0 Å². The third-order valence-corrected chi connectivity index (χ3v) is 4.28. The van der Waals surface area contributed by atoms with Gasteiger partial charge < -0.3 is 10.3 Å². The molecule has 0 saturated heterocycles. The maximum Gasteiger partial charge on any atom is 0.293 e. The molecule has 0 bridgehead atoms. The summed E-state index contributed by atoms with van der Waals surface area (Å²) in [6, 6.07) is 8.92. The quantitative estimate of drug-likeness (QED) is 0.539. The Bertz CT molecular complexity index is 1050. The SMILES string of the molecule is CC(C)(CNc1cc2nc[nH]c(=O)c2cc1[N+](=O)[O-])c1cccc(F)c1. The van der Waals surface area contributed by atoms with Crippen molar-refractivity contribution >= 4 is 22.3 Å². The number of nitrogens with one attached hydrogen (secondary N) is 2. The summed E-state index contributed by atoms with van der Waals surface area (Å²) in [6.07, 6.45) is 1.25. The van der Waals surface area contributed by atoms with Crippen LogP contribution in [0.25, 0.3) is 10.9 Å². The number of hydrogen-bond donors (Lipinski definition) is 2. The molecule has 0 aliphatic heterocycles. The number of halogens is 1. The molecule has 0 aliphatic carbocycles. The van der Waals surface area contributed by atoms with Crippen molar-refractivity contribution in [3.8, 4) is 0 Å². The summed E-state index contributed by atoms with van der Waals surface area (Å²) in [5.41, 5.74) is 0.237. The van der Waals surface area contributed by atoms with Gasteiger partial charge in [0, 0.05) is 18.0 Å². The molecule has 3 rings (SSSR count). The first kappa shape index (κ1) is 17.5. The summed E-state index contributed by atoms with van der Waals surface area (Å²) in [6.45, 7) is 4.14. The minimum Gasteiger partial charge on any atom is -0.379 e. The Kier molecular flexibility index (Phi) is 4.41. The summed E-state index contributed by atoms with van der Waals surface area (Å²) >= 11 is 0.